The third-order valence-electron chi connectivity index (χ3n) is 2.53. The molecule has 2 N–H and O–H groups in total. The molecule has 0 aromatic heterocycles. The first-order valence-electron chi connectivity index (χ1n) is 5.54. The minimum Gasteiger partial charge on any atom is -0.324 e. The Bertz CT molecular complexity index is 538. The molecule has 1 nitrogen and oxygen atoms in total. The highest BCUT2D eigenvalue weighted by atomic mass is 32.2. The lowest BCUT2D eigenvalue weighted by molar-refractivity contribution is 0.506. The van der Waals surface area contributed by atoms with Gasteiger partial charge in [0.05, 0.1) is 0 Å². The highest BCUT2D eigenvalue weighted by Crippen LogP contribution is 2.29. The number of hydrogen-bond acceptors (Lipinski definition) is 2. The summed E-state index contributed by atoms with van der Waals surface area (Å²) in [6.45, 7) is 1.91. The maximum Gasteiger partial charge on any atom is 0.159 e. The van der Waals surface area contributed by atoms with E-state index in [1.807, 2.05) is 31.2 Å². The average molecular weight is 265 g/mol. The van der Waals surface area contributed by atoms with E-state index in [9.17, 15) is 8.78 Å². The standard InChI is InChI=1S/C14H13F2NS/c1-9(17)10-2-4-11(5-3-10)18-12-6-7-13(15)14(16)8-12/h2-9H,17H2,1H3/t9-/m1/s1. The van der Waals surface area contributed by atoms with Crippen molar-refractivity contribution in [3.05, 3.63) is 59.7 Å². The molecule has 2 aromatic carbocycles. The maximum atomic E-state index is 13.0. The van der Waals surface area contributed by atoms with Gasteiger partial charge in [-0.05, 0) is 42.8 Å². The van der Waals surface area contributed by atoms with E-state index in [-0.39, 0.29) is 6.04 Å². The fraction of sp³-hybridized carbons (Fsp3) is 0.143. The number of benzene rings is 2. The fourth-order valence-corrected chi connectivity index (χ4v) is 2.36. The zero-order valence-corrected chi connectivity index (χ0v) is 10.7. The third kappa shape index (κ3) is 3.09. The van der Waals surface area contributed by atoms with Crippen LogP contribution in [-0.2, 0) is 0 Å². The van der Waals surface area contributed by atoms with Crippen molar-refractivity contribution in [3.63, 3.8) is 0 Å². The van der Waals surface area contributed by atoms with Crippen molar-refractivity contribution >= 4 is 11.8 Å². The van der Waals surface area contributed by atoms with Crippen LogP contribution in [-0.4, -0.2) is 0 Å². The van der Waals surface area contributed by atoms with Gasteiger partial charge in [-0.25, -0.2) is 8.78 Å². The molecule has 0 saturated carbocycles. The van der Waals surface area contributed by atoms with Crippen molar-refractivity contribution in [2.75, 3.05) is 0 Å². The van der Waals surface area contributed by atoms with Crippen molar-refractivity contribution in [2.45, 2.75) is 22.8 Å². The highest BCUT2D eigenvalue weighted by molar-refractivity contribution is 7.99. The van der Waals surface area contributed by atoms with E-state index in [1.54, 1.807) is 6.07 Å². The Balaban J connectivity index is 2.15. The lowest BCUT2D eigenvalue weighted by atomic mass is 10.1. The van der Waals surface area contributed by atoms with Crippen LogP contribution in [0.1, 0.15) is 18.5 Å². The predicted molar refractivity (Wildman–Crippen MR) is 69.5 cm³/mol. The summed E-state index contributed by atoms with van der Waals surface area (Å²) in [5, 5.41) is 0. The Labute approximate surface area is 109 Å². The summed E-state index contributed by atoms with van der Waals surface area (Å²) in [7, 11) is 0. The van der Waals surface area contributed by atoms with Crippen molar-refractivity contribution in [1.29, 1.82) is 0 Å². The van der Waals surface area contributed by atoms with Gasteiger partial charge in [0, 0.05) is 15.8 Å². The van der Waals surface area contributed by atoms with Gasteiger partial charge in [0.25, 0.3) is 0 Å². The van der Waals surface area contributed by atoms with Gasteiger partial charge in [0.15, 0.2) is 11.6 Å². The zero-order valence-electron chi connectivity index (χ0n) is 9.86. The molecule has 0 heterocycles. The molecule has 0 saturated heterocycles. The van der Waals surface area contributed by atoms with Gasteiger partial charge < -0.3 is 5.73 Å². The molecule has 2 rings (SSSR count). The molecule has 0 amide bonds. The molecule has 0 radical (unpaired) electrons. The minimum absolute atomic E-state index is 0.00712. The van der Waals surface area contributed by atoms with Crippen LogP contribution < -0.4 is 5.73 Å². The van der Waals surface area contributed by atoms with E-state index in [0.717, 1.165) is 16.5 Å². The smallest absolute Gasteiger partial charge is 0.159 e. The second kappa shape index (κ2) is 5.50. The molecule has 0 aliphatic heterocycles. The van der Waals surface area contributed by atoms with E-state index < -0.39 is 11.6 Å². The Morgan fingerprint density at radius 3 is 2.11 bits per heavy atom. The van der Waals surface area contributed by atoms with Crippen LogP contribution in [0.4, 0.5) is 8.78 Å². The van der Waals surface area contributed by atoms with Crippen LogP contribution >= 0.6 is 11.8 Å². The molecule has 0 aliphatic carbocycles. The van der Waals surface area contributed by atoms with Crippen LogP contribution in [0, 0.1) is 11.6 Å². The second-order valence-corrected chi connectivity index (χ2v) is 5.18. The molecular formula is C14H13F2NS. The minimum atomic E-state index is -0.827. The molecule has 18 heavy (non-hydrogen) atoms. The summed E-state index contributed by atoms with van der Waals surface area (Å²) >= 11 is 1.38. The van der Waals surface area contributed by atoms with E-state index in [0.29, 0.717) is 4.90 Å². The summed E-state index contributed by atoms with van der Waals surface area (Å²) < 4.78 is 25.8. The van der Waals surface area contributed by atoms with Gasteiger partial charge in [0.2, 0.25) is 0 Å². The first kappa shape index (κ1) is 13.1. The van der Waals surface area contributed by atoms with Crippen molar-refractivity contribution in [3.8, 4) is 0 Å². The molecule has 1 atom stereocenters. The van der Waals surface area contributed by atoms with Crippen LogP contribution in [0.3, 0.4) is 0 Å². The lowest BCUT2D eigenvalue weighted by Gasteiger charge is -2.07. The third-order valence-corrected chi connectivity index (χ3v) is 3.53. The van der Waals surface area contributed by atoms with E-state index >= 15 is 0 Å². The van der Waals surface area contributed by atoms with E-state index in [2.05, 4.69) is 0 Å². The first-order chi connectivity index (χ1) is 8.56. The van der Waals surface area contributed by atoms with Gasteiger partial charge in [-0.3, -0.25) is 0 Å². The van der Waals surface area contributed by atoms with Crippen LogP contribution in [0.5, 0.6) is 0 Å². The molecule has 0 spiro atoms. The maximum absolute atomic E-state index is 13.0. The summed E-state index contributed by atoms with van der Waals surface area (Å²) in [4.78, 5) is 1.63. The Morgan fingerprint density at radius 1 is 0.944 bits per heavy atom. The Morgan fingerprint density at radius 2 is 1.56 bits per heavy atom. The number of rotatable bonds is 3. The number of halogens is 2. The van der Waals surface area contributed by atoms with Crippen LogP contribution in [0.2, 0.25) is 0 Å². The molecule has 2 aromatic rings. The molecule has 0 aliphatic rings. The van der Waals surface area contributed by atoms with E-state index in [1.165, 1.54) is 17.8 Å². The quantitative estimate of drug-likeness (QED) is 0.902. The SMILES string of the molecule is C[C@@H](N)c1ccc(Sc2ccc(F)c(F)c2)cc1. The second-order valence-electron chi connectivity index (χ2n) is 4.04. The van der Waals surface area contributed by atoms with Crippen molar-refractivity contribution < 1.29 is 8.78 Å². The first-order valence-corrected chi connectivity index (χ1v) is 6.36. The van der Waals surface area contributed by atoms with Gasteiger partial charge >= 0.3 is 0 Å². The van der Waals surface area contributed by atoms with Crippen LogP contribution in [0.15, 0.2) is 52.3 Å². The largest absolute Gasteiger partial charge is 0.324 e. The van der Waals surface area contributed by atoms with Gasteiger partial charge in [-0.1, -0.05) is 23.9 Å². The predicted octanol–water partition coefficient (Wildman–Crippen LogP) is 4.14. The Kier molecular flexibility index (Phi) is 3.99. The molecule has 0 unspecified atom stereocenters. The summed E-state index contributed by atoms with van der Waals surface area (Å²) in [5.41, 5.74) is 6.80. The summed E-state index contributed by atoms with van der Waals surface area (Å²) in [5.74, 6) is -1.65. The fourth-order valence-electron chi connectivity index (χ4n) is 1.52. The van der Waals surface area contributed by atoms with Crippen molar-refractivity contribution in [2.24, 2.45) is 5.73 Å². The lowest BCUT2D eigenvalue weighted by Crippen LogP contribution is -2.04. The van der Waals surface area contributed by atoms with E-state index in [4.69, 9.17) is 5.73 Å². The molecule has 4 heteroatoms. The molecule has 94 valence electrons. The molecular weight excluding hydrogens is 252 g/mol. The number of hydrogen-bond donors (Lipinski definition) is 1. The van der Waals surface area contributed by atoms with Gasteiger partial charge in [-0.2, -0.15) is 0 Å². The summed E-state index contributed by atoms with van der Waals surface area (Å²) in [6.07, 6.45) is 0. The highest BCUT2D eigenvalue weighted by Gasteiger charge is 2.05. The zero-order chi connectivity index (χ0) is 13.1. The van der Waals surface area contributed by atoms with Gasteiger partial charge in [0.1, 0.15) is 0 Å². The molecule has 0 fully saturated rings. The monoisotopic (exact) mass is 265 g/mol. The number of nitrogens with two attached hydrogens (primary N) is 1. The van der Waals surface area contributed by atoms with Gasteiger partial charge in [-0.15, -0.1) is 0 Å². The topological polar surface area (TPSA) is 26.0 Å². The average Bonchev–Trinajstić information content (AvgIpc) is 2.34. The van der Waals surface area contributed by atoms with Crippen LogP contribution in [0.25, 0.3) is 0 Å². The van der Waals surface area contributed by atoms with Crippen molar-refractivity contribution in [1.82, 2.24) is 0 Å². The Hall–Kier alpha value is -1.39. The normalized spacial score (nSPS) is 12.4. The summed E-state index contributed by atoms with van der Waals surface area (Å²) in [6, 6.07) is 11.6. The molecule has 0 bridgehead atoms.